The molecule has 1 saturated heterocycles. The topological polar surface area (TPSA) is 9.23 Å². The highest BCUT2D eigenvalue weighted by molar-refractivity contribution is 6.18. The molecule has 84 valence electrons. The van der Waals surface area contributed by atoms with E-state index in [-0.39, 0.29) is 11.2 Å². The van der Waals surface area contributed by atoms with Crippen LogP contribution in [0.4, 0.5) is 4.39 Å². The summed E-state index contributed by atoms with van der Waals surface area (Å²) in [7, 11) is 0. The molecule has 1 aliphatic heterocycles. The van der Waals surface area contributed by atoms with E-state index in [1.54, 1.807) is 12.1 Å². The van der Waals surface area contributed by atoms with E-state index in [1.807, 2.05) is 19.9 Å². The van der Waals surface area contributed by atoms with E-state index < -0.39 is 0 Å². The highest BCUT2D eigenvalue weighted by atomic mass is 35.5. The predicted molar refractivity (Wildman–Crippen MR) is 61.0 cm³/mol. The summed E-state index contributed by atoms with van der Waals surface area (Å²) in [6.45, 7) is 5.05. The zero-order chi connectivity index (χ0) is 11.3. The van der Waals surface area contributed by atoms with Crippen LogP contribution in [0.15, 0.2) is 24.3 Å². The third-order valence-corrected chi connectivity index (χ3v) is 2.97. The van der Waals surface area contributed by atoms with Crippen LogP contribution in [0.5, 0.6) is 0 Å². The fourth-order valence-electron chi connectivity index (χ4n) is 1.54. The van der Waals surface area contributed by atoms with Gasteiger partial charge in [0.25, 0.3) is 0 Å². The van der Waals surface area contributed by atoms with Gasteiger partial charge < -0.3 is 4.74 Å². The maximum absolute atomic E-state index is 13.4. The Morgan fingerprint density at radius 1 is 1.33 bits per heavy atom. The van der Waals surface area contributed by atoms with E-state index in [0.717, 1.165) is 0 Å². The normalized spacial score (nSPS) is 17.3. The van der Waals surface area contributed by atoms with E-state index in [1.165, 1.54) is 6.07 Å². The summed E-state index contributed by atoms with van der Waals surface area (Å²) in [5.41, 5.74) is 0.392. The molecule has 3 heteroatoms. The van der Waals surface area contributed by atoms with Gasteiger partial charge in [0.15, 0.2) is 0 Å². The molecule has 1 aromatic rings. The summed E-state index contributed by atoms with van der Waals surface area (Å²) in [5.74, 6) is 0.222. The largest absolute Gasteiger partial charge is 0.379 e. The molecule has 0 unspecified atom stereocenters. The highest BCUT2D eigenvalue weighted by Crippen LogP contribution is 2.34. The van der Waals surface area contributed by atoms with Gasteiger partial charge in [0.2, 0.25) is 0 Å². The number of halogens is 2. The van der Waals surface area contributed by atoms with Gasteiger partial charge in [-0.2, -0.15) is 0 Å². The Kier molecular flexibility index (Phi) is 4.55. The molecule has 1 nitrogen and oxygen atoms in total. The number of alkyl halides is 1. The molecule has 0 N–H and O–H groups in total. The van der Waals surface area contributed by atoms with Crippen LogP contribution in [0.2, 0.25) is 0 Å². The molecule has 0 radical (unpaired) electrons. The molecule has 0 amide bonds. The summed E-state index contributed by atoms with van der Waals surface area (Å²) >= 11 is 5.82. The number of benzene rings is 1. The average Bonchev–Trinajstić information content (AvgIpc) is 2.23. The summed E-state index contributed by atoms with van der Waals surface area (Å²) in [6.07, 6.45) is 0. The first kappa shape index (κ1) is 12.5. The first-order chi connectivity index (χ1) is 7.28. The van der Waals surface area contributed by atoms with Crippen molar-refractivity contribution >= 4 is 11.6 Å². The molecular formula is C12H16ClFO. The van der Waals surface area contributed by atoms with Gasteiger partial charge >= 0.3 is 0 Å². The molecule has 2 rings (SSSR count). The summed E-state index contributed by atoms with van der Waals surface area (Å²) in [5, 5.41) is 0. The van der Waals surface area contributed by atoms with E-state index in [2.05, 4.69) is 0 Å². The maximum Gasteiger partial charge on any atom is 0.127 e. The van der Waals surface area contributed by atoms with Crippen molar-refractivity contribution in [3.63, 3.8) is 0 Å². The third kappa shape index (κ3) is 2.32. The van der Waals surface area contributed by atoms with E-state index in [0.29, 0.717) is 24.7 Å². The van der Waals surface area contributed by atoms with Gasteiger partial charge in [0.05, 0.1) is 18.6 Å². The van der Waals surface area contributed by atoms with Crippen molar-refractivity contribution in [1.29, 1.82) is 0 Å². The molecule has 1 heterocycles. The molecule has 0 aromatic heterocycles. The maximum atomic E-state index is 13.4. The first-order valence-corrected chi connectivity index (χ1v) is 5.71. The molecule has 0 bridgehead atoms. The van der Waals surface area contributed by atoms with Crippen molar-refractivity contribution in [1.82, 2.24) is 0 Å². The lowest BCUT2D eigenvalue weighted by Gasteiger charge is -2.40. The lowest BCUT2D eigenvalue weighted by molar-refractivity contribution is -0.0495. The Balaban J connectivity index is 0.000000531. The van der Waals surface area contributed by atoms with Gasteiger partial charge in [-0.15, -0.1) is 11.6 Å². The van der Waals surface area contributed by atoms with E-state index >= 15 is 0 Å². The molecule has 1 aromatic carbocycles. The highest BCUT2D eigenvalue weighted by Gasteiger charge is 2.41. The number of hydrogen-bond acceptors (Lipinski definition) is 1. The minimum Gasteiger partial charge on any atom is -0.379 e. The van der Waals surface area contributed by atoms with Gasteiger partial charge in [0.1, 0.15) is 5.82 Å². The lowest BCUT2D eigenvalue weighted by Crippen LogP contribution is -2.48. The van der Waals surface area contributed by atoms with Gasteiger partial charge in [0, 0.05) is 5.88 Å². The van der Waals surface area contributed by atoms with Crippen molar-refractivity contribution in [2.75, 3.05) is 19.1 Å². The second-order valence-electron chi connectivity index (χ2n) is 3.39. The Morgan fingerprint density at radius 3 is 2.33 bits per heavy atom. The lowest BCUT2D eigenvalue weighted by atomic mass is 9.80. The van der Waals surface area contributed by atoms with Crippen LogP contribution < -0.4 is 0 Å². The van der Waals surface area contributed by atoms with E-state index in [4.69, 9.17) is 16.3 Å². The number of ether oxygens (including phenoxy) is 1. The second-order valence-corrected chi connectivity index (χ2v) is 3.65. The molecular weight excluding hydrogens is 215 g/mol. The first-order valence-electron chi connectivity index (χ1n) is 5.17. The summed E-state index contributed by atoms with van der Waals surface area (Å²) in [6, 6.07) is 6.74. The molecule has 0 spiro atoms. The Hall–Kier alpha value is -0.600. The van der Waals surface area contributed by atoms with Gasteiger partial charge in [-0.05, 0) is 11.6 Å². The van der Waals surface area contributed by atoms with Crippen molar-refractivity contribution in [2.24, 2.45) is 0 Å². The Morgan fingerprint density at radius 2 is 1.93 bits per heavy atom. The Bertz CT molecular complexity index is 305. The number of hydrogen-bond donors (Lipinski definition) is 0. The minimum atomic E-state index is -0.285. The third-order valence-electron chi connectivity index (χ3n) is 2.46. The van der Waals surface area contributed by atoms with Gasteiger partial charge in [-0.25, -0.2) is 4.39 Å². The summed E-state index contributed by atoms with van der Waals surface area (Å²) < 4.78 is 18.5. The van der Waals surface area contributed by atoms with Crippen molar-refractivity contribution in [3.8, 4) is 0 Å². The van der Waals surface area contributed by atoms with Crippen LogP contribution in [0.25, 0.3) is 0 Å². The fourth-order valence-corrected chi connectivity index (χ4v) is 1.84. The fraction of sp³-hybridized carbons (Fsp3) is 0.500. The average molecular weight is 231 g/mol. The van der Waals surface area contributed by atoms with Gasteiger partial charge in [-0.1, -0.05) is 32.0 Å². The minimum absolute atomic E-state index is 0.188. The van der Waals surface area contributed by atoms with Crippen molar-refractivity contribution < 1.29 is 9.13 Å². The quantitative estimate of drug-likeness (QED) is 0.708. The van der Waals surface area contributed by atoms with Crippen LogP contribution in [0, 0.1) is 5.82 Å². The number of rotatable bonds is 2. The van der Waals surface area contributed by atoms with Crippen LogP contribution >= 0.6 is 11.6 Å². The second kappa shape index (κ2) is 5.47. The van der Waals surface area contributed by atoms with Crippen molar-refractivity contribution in [2.45, 2.75) is 19.3 Å². The van der Waals surface area contributed by atoms with Gasteiger partial charge in [-0.3, -0.25) is 0 Å². The van der Waals surface area contributed by atoms with Crippen LogP contribution in [0.1, 0.15) is 19.4 Å². The zero-order valence-corrected chi connectivity index (χ0v) is 9.85. The molecule has 0 aliphatic carbocycles. The molecule has 0 saturated carbocycles. The van der Waals surface area contributed by atoms with Crippen LogP contribution in [-0.4, -0.2) is 19.1 Å². The Labute approximate surface area is 95.2 Å². The predicted octanol–water partition coefficient (Wildman–Crippen LogP) is 3.36. The molecule has 1 fully saturated rings. The molecule has 15 heavy (non-hydrogen) atoms. The summed E-state index contributed by atoms with van der Waals surface area (Å²) in [4.78, 5) is 0. The zero-order valence-electron chi connectivity index (χ0n) is 9.09. The standard InChI is InChI=1S/C10H10ClFO.C2H6/c11-5-10(6-13-7-10)8-3-1-2-4-9(8)12;1-2/h1-4H,5-7H2;1-2H3. The smallest absolute Gasteiger partial charge is 0.127 e. The van der Waals surface area contributed by atoms with E-state index in [9.17, 15) is 4.39 Å². The monoisotopic (exact) mass is 230 g/mol. The van der Waals surface area contributed by atoms with Crippen LogP contribution in [0.3, 0.4) is 0 Å². The van der Waals surface area contributed by atoms with Crippen LogP contribution in [-0.2, 0) is 10.2 Å². The molecule has 0 atom stereocenters. The van der Waals surface area contributed by atoms with Crippen molar-refractivity contribution in [3.05, 3.63) is 35.6 Å². The SMILES string of the molecule is CC.Fc1ccccc1C1(CCl)COC1. The molecule has 1 aliphatic rings.